The van der Waals surface area contributed by atoms with Gasteiger partial charge in [0.25, 0.3) is 0 Å². The van der Waals surface area contributed by atoms with Crippen molar-refractivity contribution in [3.05, 3.63) is 241 Å². The lowest BCUT2D eigenvalue weighted by molar-refractivity contribution is 0.580. The molecule has 4 nitrogen and oxygen atoms in total. The third-order valence-electron chi connectivity index (χ3n) is 13.4. The van der Waals surface area contributed by atoms with Crippen LogP contribution in [0.4, 0.5) is 17.1 Å². The summed E-state index contributed by atoms with van der Waals surface area (Å²) in [6.07, 6.45) is 0.949. The molecule has 1 aliphatic rings. The van der Waals surface area contributed by atoms with Gasteiger partial charge in [-0.1, -0.05) is 189 Å². The van der Waals surface area contributed by atoms with Crippen molar-refractivity contribution >= 4 is 49.4 Å². The van der Waals surface area contributed by atoms with Crippen LogP contribution in [-0.2, 0) is 6.42 Å². The highest BCUT2D eigenvalue weighted by atomic mass is 15.1. The molecule has 10 aromatic carbocycles. The Hall–Kier alpha value is -8.21. The van der Waals surface area contributed by atoms with Gasteiger partial charge in [-0.25, -0.2) is 15.0 Å². The molecule has 11 aromatic rings. The van der Waals surface area contributed by atoms with Crippen LogP contribution in [-0.4, -0.2) is 15.0 Å². The van der Waals surface area contributed by atoms with E-state index in [1.807, 2.05) is 36.4 Å². The van der Waals surface area contributed by atoms with Crippen LogP contribution in [0.3, 0.4) is 0 Å². The predicted octanol–water partition coefficient (Wildman–Crippen LogP) is 15.9. The number of anilines is 3. The standard InChI is InChI=1S/C61H44N4/c1-40-49-35-32-48(65(46-23-10-4-11-24-46)47-25-12-5-13-26-47)39-58(49)50-27-15-14-22-43(50)36-55(40)44-30-33-53-54-34-31-45(38-57(54)52-29-17-16-28-51(52)56(53)37-44)61-63-59(41-18-6-2-7-19-41)62-60(64-61)42-20-8-3-9-21-42/h2-35,37-40,55H,36H2,1H3. The SMILES string of the molecule is CC1c2ccc(N(c3ccccc3)c3ccccc3)cc2-c2ccccc2CC1c1ccc2c3ccc(-c4nc(-c5ccccc5)nc(-c5ccccc5)n4)cc3c3ccccc3c2c1. The van der Waals surface area contributed by atoms with Crippen molar-refractivity contribution in [2.45, 2.75) is 25.2 Å². The first kappa shape index (κ1) is 38.5. The number of fused-ring (bicyclic) bond motifs is 9. The van der Waals surface area contributed by atoms with E-state index in [2.05, 4.69) is 200 Å². The molecule has 0 saturated heterocycles. The minimum Gasteiger partial charge on any atom is -0.310 e. The van der Waals surface area contributed by atoms with Gasteiger partial charge in [0.2, 0.25) is 0 Å². The molecule has 0 bridgehead atoms. The second-order valence-electron chi connectivity index (χ2n) is 17.2. The molecule has 12 rings (SSSR count). The van der Waals surface area contributed by atoms with Gasteiger partial charge in [-0.2, -0.15) is 0 Å². The van der Waals surface area contributed by atoms with E-state index in [1.165, 1.54) is 60.1 Å². The molecular formula is C61H44N4. The van der Waals surface area contributed by atoms with Crippen molar-refractivity contribution in [3.8, 4) is 45.3 Å². The van der Waals surface area contributed by atoms with E-state index in [4.69, 9.17) is 15.0 Å². The molecule has 1 aromatic heterocycles. The molecule has 0 aliphatic heterocycles. The minimum atomic E-state index is 0.266. The fraction of sp³-hybridized carbons (Fsp3) is 0.0656. The van der Waals surface area contributed by atoms with Crippen LogP contribution in [0.1, 0.15) is 35.4 Å². The summed E-state index contributed by atoms with van der Waals surface area (Å²) in [6, 6.07) is 80.7. The molecule has 0 N–H and O–H groups in total. The van der Waals surface area contributed by atoms with Crippen LogP contribution in [0.25, 0.3) is 77.6 Å². The molecule has 2 atom stereocenters. The zero-order valence-electron chi connectivity index (χ0n) is 36.0. The summed E-state index contributed by atoms with van der Waals surface area (Å²) < 4.78 is 0. The smallest absolute Gasteiger partial charge is 0.164 e. The molecule has 0 spiro atoms. The Morgan fingerprint density at radius 3 is 1.48 bits per heavy atom. The lowest BCUT2D eigenvalue weighted by atomic mass is 9.79. The third-order valence-corrected chi connectivity index (χ3v) is 13.4. The highest BCUT2D eigenvalue weighted by molar-refractivity contribution is 6.25. The Labute approximate surface area is 379 Å². The number of rotatable bonds is 7. The van der Waals surface area contributed by atoms with Crippen molar-refractivity contribution in [2.75, 3.05) is 4.90 Å². The second-order valence-corrected chi connectivity index (χ2v) is 17.2. The summed E-state index contributed by atoms with van der Waals surface area (Å²) in [5.41, 5.74) is 13.0. The van der Waals surface area contributed by atoms with E-state index in [-0.39, 0.29) is 11.8 Å². The van der Waals surface area contributed by atoms with Gasteiger partial charge < -0.3 is 4.90 Å². The minimum absolute atomic E-state index is 0.266. The third kappa shape index (κ3) is 6.91. The van der Waals surface area contributed by atoms with Gasteiger partial charge in [0, 0.05) is 33.8 Å². The number of hydrogen-bond acceptors (Lipinski definition) is 4. The fourth-order valence-corrected chi connectivity index (χ4v) is 10.2. The summed E-state index contributed by atoms with van der Waals surface area (Å²) in [5, 5.41) is 7.38. The highest BCUT2D eigenvalue weighted by Gasteiger charge is 2.30. The van der Waals surface area contributed by atoms with E-state index in [9.17, 15) is 0 Å². The van der Waals surface area contributed by atoms with Crippen LogP contribution < -0.4 is 4.90 Å². The molecule has 4 heteroatoms. The first-order chi connectivity index (χ1) is 32.1. The molecule has 1 aliphatic carbocycles. The van der Waals surface area contributed by atoms with Gasteiger partial charge in [-0.3, -0.25) is 0 Å². The largest absolute Gasteiger partial charge is 0.310 e. The fourth-order valence-electron chi connectivity index (χ4n) is 10.2. The van der Waals surface area contributed by atoms with Crippen molar-refractivity contribution in [1.29, 1.82) is 0 Å². The molecule has 1 heterocycles. The maximum atomic E-state index is 5.08. The average molecular weight is 833 g/mol. The number of benzene rings is 10. The van der Waals surface area contributed by atoms with E-state index in [1.54, 1.807) is 0 Å². The van der Waals surface area contributed by atoms with Gasteiger partial charge in [-0.05, 0) is 121 Å². The topological polar surface area (TPSA) is 41.9 Å². The Bertz CT molecular complexity index is 3420. The second kappa shape index (κ2) is 16.2. The van der Waals surface area contributed by atoms with Crippen molar-refractivity contribution in [3.63, 3.8) is 0 Å². The molecular weight excluding hydrogens is 789 g/mol. The maximum absolute atomic E-state index is 5.08. The zero-order chi connectivity index (χ0) is 43.3. The van der Waals surface area contributed by atoms with Crippen LogP contribution >= 0.6 is 0 Å². The number of aromatic nitrogens is 3. The maximum Gasteiger partial charge on any atom is 0.164 e. The van der Waals surface area contributed by atoms with Crippen LogP contribution in [0.2, 0.25) is 0 Å². The summed E-state index contributed by atoms with van der Waals surface area (Å²) >= 11 is 0. The normalized spacial score (nSPS) is 14.5. The predicted molar refractivity (Wildman–Crippen MR) is 270 cm³/mol. The Kier molecular flexibility index (Phi) is 9.57. The van der Waals surface area contributed by atoms with Gasteiger partial charge in [0.1, 0.15) is 0 Å². The molecule has 0 fully saturated rings. The lowest BCUT2D eigenvalue weighted by Crippen LogP contribution is -2.12. The van der Waals surface area contributed by atoms with Crippen molar-refractivity contribution in [1.82, 2.24) is 15.0 Å². The van der Waals surface area contributed by atoms with Gasteiger partial charge >= 0.3 is 0 Å². The van der Waals surface area contributed by atoms with E-state index < -0.39 is 0 Å². The Morgan fingerprint density at radius 2 is 0.862 bits per heavy atom. The molecule has 0 saturated carbocycles. The molecule has 308 valence electrons. The van der Waals surface area contributed by atoms with Gasteiger partial charge in [-0.15, -0.1) is 0 Å². The van der Waals surface area contributed by atoms with Crippen molar-refractivity contribution in [2.24, 2.45) is 0 Å². The molecule has 2 unspecified atom stereocenters. The van der Waals surface area contributed by atoms with E-state index >= 15 is 0 Å². The van der Waals surface area contributed by atoms with Crippen LogP contribution in [0.15, 0.2) is 224 Å². The summed E-state index contributed by atoms with van der Waals surface area (Å²) in [6.45, 7) is 2.43. The van der Waals surface area contributed by atoms with Gasteiger partial charge in [0.15, 0.2) is 17.5 Å². The Morgan fingerprint density at radius 1 is 0.369 bits per heavy atom. The highest BCUT2D eigenvalue weighted by Crippen LogP contribution is 2.48. The average Bonchev–Trinajstić information content (AvgIpc) is 3.50. The molecule has 65 heavy (non-hydrogen) atoms. The number of hydrogen-bond donors (Lipinski definition) is 0. The summed E-state index contributed by atoms with van der Waals surface area (Å²) in [4.78, 5) is 17.5. The summed E-state index contributed by atoms with van der Waals surface area (Å²) in [7, 11) is 0. The molecule has 0 radical (unpaired) electrons. The number of nitrogens with zero attached hydrogens (tertiary/aromatic N) is 4. The number of para-hydroxylation sites is 2. The zero-order valence-corrected chi connectivity index (χ0v) is 36.0. The first-order valence-corrected chi connectivity index (χ1v) is 22.5. The van der Waals surface area contributed by atoms with Crippen LogP contribution in [0, 0.1) is 0 Å². The Balaban J connectivity index is 0.973. The molecule has 0 amide bonds. The van der Waals surface area contributed by atoms with Crippen molar-refractivity contribution < 1.29 is 0 Å². The first-order valence-electron chi connectivity index (χ1n) is 22.5. The quantitative estimate of drug-likeness (QED) is 0.150. The lowest BCUT2D eigenvalue weighted by Gasteiger charge is -2.28. The van der Waals surface area contributed by atoms with Gasteiger partial charge in [0.05, 0.1) is 0 Å². The van der Waals surface area contributed by atoms with Crippen LogP contribution in [0.5, 0.6) is 0 Å². The summed E-state index contributed by atoms with van der Waals surface area (Å²) in [5.74, 6) is 2.50. The van der Waals surface area contributed by atoms with E-state index in [0.717, 1.165) is 40.2 Å². The monoisotopic (exact) mass is 832 g/mol. The van der Waals surface area contributed by atoms with E-state index in [0.29, 0.717) is 17.5 Å².